The third kappa shape index (κ3) is 4.18. The van der Waals surface area contributed by atoms with Gasteiger partial charge in [0.1, 0.15) is 5.82 Å². The van der Waals surface area contributed by atoms with Crippen LogP contribution in [0.3, 0.4) is 0 Å². The average molecular weight is 386 g/mol. The maximum Gasteiger partial charge on any atom is 0.243 e. The van der Waals surface area contributed by atoms with Gasteiger partial charge in [0.2, 0.25) is 16.0 Å². The summed E-state index contributed by atoms with van der Waals surface area (Å²) < 4.78 is 27.1. The van der Waals surface area contributed by atoms with E-state index >= 15 is 0 Å². The Bertz CT molecular complexity index is 945. The first-order valence-electron chi connectivity index (χ1n) is 8.79. The fraction of sp³-hybridized carbons (Fsp3) is 0.389. The Labute approximate surface area is 159 Å². The van der Waals surface area contributed by atoms with Gasteiger partial charge in [-0.25, -0.2) is 13.4 Å². The number of nitrogens with one attached hydrogen (secondary N) is 1. The highest BCUT2D eigenvalue weighted by Gasteiger charge is 2.29. The third-order valence-corrected chi connectivity index (χ3v) is 6.27. The lowest BCUT2D eigenvalue weighted by molar-refractivity contribution is 0.384. The van der Waals surface area contributed by atoms with Gasteiger partial charge in [0, 0.05) is 44.5 Å². The molecule has 0 atom stereocenters. The molecule has 8 nitrogen and oxygen atoms in total. The number of piperazine rings is 1. The van der Waals surface area contributed by atoms with E-state index < -0.39 is 10.0 Å². The summed E-state index contributed by atoms with van der Waals surface area (Å²) >= 11 is 0. The fourth-order valence-electron chi connectivity index (χ4n) is 2.96. The molecule has 1 fully saturated rings. The molecule has 0 radical (unpaired) electrons. The largest absolute Gasteiger partial charge is 0.354 e. The topological polar surface area (TPSA) is 102 Å². The van der Waals surface area contributed by atoms with E-state index in [2.05, 4.69) is 20.2 Å². The Morgan fingerprint density at radius 3 is 2.41 bits per heavy atom. The fourth-order valence-corrected chi connectivity index (χ4v) is 4.38. The van der Waals surface area contributed by atoms with Crippen molar-refractivity contribution in [3.05, 3.63) is 41.6 Å². The number of aromatic nitrogens is 2. The quantitative estimate of drug-likeness (QED) is 0.832. The van der Waals surface area contributed by atoms with Crippen LogP contribution in [-0.2, 0) is 10.0 Å². The molecule has 1 aromatic carbocycles. The van der Waals surface area contributed by atoms with Crippen LogP contribution in [-0.4, -0.2) is 55.4 Å². The van der Waals surface area contributed by atoms with Gasteiger partial charge in [-0.1, -0.05) is 0 Å². The summed E-state index contributed by atoms with van der Waals surface area (Å²) in [5, 5.41) is 12.0. The number of sulfonamides is 1. The van der Waals surface area contributed by atoms with Gasteiger partial charge in [-0.05, 0) is 38.1 Å². The molecule has 0 amide bonds. The molecule has 1 aliphatic heterocycles. The van der Waals surface area contributed by atoms with E-state index in [0.29, 0.717) is 37.7 Å². The normalized spacial score (nSPS) is 15.4. The van der Waals surface area contributed by atoms with Crippen molar-refractivity contribution in [2.75, 3.05) is 42.9 Å². The van der Waals surface area contributed by atoms with Crippen LogP contribution in [0.4, 0.5) is 11.8 Å². The number of hydrogen-bond acceptors (Lipinski definition) is 7. The molecule has 1 saturated heterocycles. The van der Waals surface area contributed by atoms with Crippen molar-refractivity contribution in [2.45, 2.75) is 18.7 Å². The molecule has 1 aromatic heterocycles. The van der Waals surface area contributed by atoms with Gasteiger partial charge in [0.05, 0.1) is 16.5 Å². The minimum absolute atomic E-state index is 0.210. The second kappa shape index (κ2) is 7.90. The Balaban J connectivity index is 1.72. The Hall–Kier alpha value is -2.70. The number of rotatable bonds is 5. The molecule has 0 saturated carbocycles. The van der Waals surface area contributed by atoms with Crippen molar-refractivity contribution < 1.29 is 8.42 Å². The van der Waals surface area contributed by atoms with Gasteiger partial charge in [0.25, 0.3) is 0 Å². The highest BCUT2D eigenvalue weighted by molar-refractivity contribution is 7.89. The summed E-state index contributed by atoms with van der Waals surface area (Å²) in [6.45, 7) is 6.49. The monoisotopic (exact) mass is 386 g/mol. The third-order valence-electron chi connectivity index (χ3n) is 4.36. The minimum atomic E-state index is -3.57. The van der Waals surface area contributed by atoms with Crippen LogP contribution >= 0.6 is 0 Å². The molecule has 3 rings (SSSR count). The van der Waals surface area contributed by atoms with Gasteiger partial charge in [0.15, 0.2) is 0 Å². The number of hydrogen-bond donors (Lipinski definition) is 1. The summed E-state index contributed by atoms with van der Waals surface area (Å²) in [7, 11) is -3.57. The number of anilines is 2. The molecule has 0 spiro atoms. The van der Waals surface area contributed by atoms with Gasteiger partial charge in [-0.15, -0.1) is 0 Å². The molecule has 1 aliphatic rings. The zero-order chi connectivity index (χ0) is 19.4. The van der Waals surface area contributed by atoms with Crippen molar-refractivity contribution >= 4 is 21.8 Å². The number of nitrogens with zero attached hydrogens (tertiary/aromatic N) is 5. The molecular formula is C18H22N6O2S. The van der Waals surface area contributed by atoms with Crippen LogP contribution in [0.25, 0.3) is 0 Å². The molecule has 9 heteroatoms. The number of nitriles is 1. The highest BCUT2D eigenvalue weighted by Crippen LogP contribution is 2.21. The molecule has 1 N–H and O–H groups in total. The minimum Gasteiger partial charge on any atom is -0.354 e. The molecule has 2 heterocycles. The van der Waals surface area contributed by atoms with E-state index in [1.165, 1.54) is 28.6 Å². The van der Waals surface area contributed by atoms with Crippen molar-refractivity contribution in [1.82, 2.24) is 14.3 Å². The van der Waals surface area contributed by atoms with Crippen molar-refractivity contribution in [3.8, 4) is 6.07 Å². The Morgan fingerprint density at radius 1 is 1.15 bits per heavy atom. The highest BCUT2D eigenvalue weighted by atomic mass is 32.2. The predicted octanol–water partition coefficient (Wildman–Crippen LogP) is 1.60. The van der Waals surface area contributed by atoms with Gasteiger partial charge >= 0.3 is 0 Å². The smallest absolute Gasteiger partial charge is 0.243 e. The van der Waals surface area contributed by atoms with Crippen LogP contribution in [0, 0.1) is 18.3 Å². The van der Waals surface area contributed by atoms with E-state index in [1.807, 2.05) is 26.0 Å². The molecule has 27 heavy (non-hydrogen) atoms. The summed E-state index contributed by atoms with van der Waals surface area (Å²) in [5.41, 5.74) is 1.30. The average Bonchev–Trinajstić information content (AvgIpc) is 2.68. The van der Waals surface area contributed by atoms with Crippen molar-refractivity contribution in [1.29, 1.82) is 5.26 Å². The maximum absolute atomic E-state index is 12.8. The molecular weight excluding hydrogens is 364 g/mol. The lowest BCUT2D eigenvalue weighted by Crippen LogP contribution is -2.49. The van der Waals surface area contributed by atoms with E-state index in [9.17, 15) is 8.42 Å². The first-order chi connectivity index (χ1) is 12.9. The van der Waals surface area contributed by atoms with Crippen LogP contribution in [0.2, 0.25) is 0 Å². The van der Waals surface area contributed by atoms with E-state index in [1.54, 1.807) is 0 Å². The van der Waals surface area contributed by atoms with E-state index in [4.69, 9.17) is 5.26 Å². The van der Waals surface area contributed by atoms with Crippen LogP contribution in [0.5, 0.6) is 0 Å². The summed E-state index contributed by atoms with van der Waals surface area (Å²) in [4.78, 5) is 11.1. The molecule has 0 bridgehead atoms. The van der Waals surface area contributed by atoms with Gasteiger partial charge in [-0.3, -0.25) is 0 Å². The summed E-state index contributed by atoms with van der Waals surface area (Å²) in [6.07, 6.45) is 0. The first-order valence-corrected chi connectivity index (χ1v) is 10.2. The number of aryl methyl sites for hydroxylation is 1. The second-order valence-electron chi connectivity index (χ2n) is 6.25. The zero-order valence-corrected chi connectivity index (χ0v) is 16.2. The molecule has 0 aliphatic carbocycles. The Kier molecular flexibility index (Phi) is 5.58. The Morgan fingerprint density at radius 2 is 1.81 bits per heavy atom. The van der Waals surface area contributed by atoms with Crippen LogP contribution in [0.15, 0.2) is 35.2 Å². The molecule has 142 valence electrons. The summed E-state index contributed by atoms with van der Waals surface area (Å²) in [6, 6.07) is 9.91. The number of benzene rings is 1. The lowest BCUT2D eigenvalue weighted by Gasteiger charge is -2.34. The molecule has 0 unspecified atom stereocenters. The maximum atomic E-state index is 12.8. The SMILES string of the molecule is CCNc1nc(C)cc(N2CCN(S(=O)(=O)c3ccc(C#N)cc3)CC2)n1. The second-order valence-corrected chi connectivity index (χ2v) is 8.19. The van der Waals surface area contributed by atoms with Gasteiger partial charge in [-0.2, -0.15) is 14.6 Å². The lowest BCUT2D eigenvalue weighted by atomic mass is 10.2. The van der Waals surface area contributed by atoms with Crippen LogP contribution in [0.1, 0.15) is 18.2 Å². The standard InChI is InChI=1S/C18H22N6O2S/c1-3-20-18-21-14(2)12-17(22-18)23-8-10-24(11-9-23)27(25,26)16-6-4-15(13-19)5-7-16/h4-7,12H,3,8-11H2,1-2H3,(H,20,21,22). The first kappa shape index (κ1) is 19.1. The van der Waals surface area contributed by atoms with Crippen molar-refractivity contribution in [2.24, 2.45) is 0 Å². The van der Waals surface area contributed by atoms with E-state index in [-0.39, 0.29) is 4.90 Å². The van der Waals surface area contributed by atoms with Gasteiger partial charge < -0.3 is 10.2 Å². The zero-order valence-electron chi connectivity index (χ0n) is 15.4. The van der Waals surface area contributed by atoms with Crippen molar-refractivity contribution in [3.63, 3.8) is 0 Å². The summed E-state index contributed by atoms with van der Waals surface area (Å²) in [5.74, 6) is 1.38. The van der Waals surface area contributed by atoms with Crippen LogP contribution < -0.4 is 10.2 Å². The predicted molar refractivity (Wildman–Crippen MR) is 103 cm³/mol. The van der Waals surface area contributed by atoms with E-state index in [0.717, 1.165) is 18.1 Å². The molecule has 2 aromatic rings.